The Morgan fingerprint density at radius 2 is 1.74 bits per heavy atom. The standard InChI is InChI=1S/C42H51ClFN5O4Si/c1-26(2)54(27(3)4,28(5)6)21-17-29-12-11-13-30-22-32(52-25-51-10)23-35(36(29)30)33-14-15-34-38(37(33)44)46-40(43)47-39(34)48-19-20-49(31(24-48)16-18-45)41(50)53-42(7,8)9/h11-15,22-23,26-28,31H,16,19-20,24-25H2,1-10H3/t31-/m0/s1. The highest BCUT2D eigenvalue weighted by atomic mass is 35.5. The molecular weight excluding hydrogens is 721 g/mol. The van der Waals surface area contributed by atoms with Crippen molar-refractivity contribution >= 4 is 53.3 Å². The van der Waals surface area contributed by atoms with Crippen LogP contribution in [-0.4, -0.2) is 74.2 Å². The number of hydrogen-bond acceptors (Lipinski definition) is 8. The van der Waals surface area contributed by atoms with Gasteiger partial charge in [-0.3, -0.25) is 0 Å². The lowest BCUT2D eigenvalue weighted by Crippen LogP contribution is -2.56. The van der Waals surface area contributed by atoms with Crippen LogP contribution < -0.4 is 9.64 Å². The minimum Gasteiger partial charge on any atom is -0.468 e. The highest BCUT2D eigenvalue weighted by molar-refractivity contribution is 6.90. The summed E-state index contributed by atoms with van der Waals surface area (Å²) in [5.74, 6) is 3.99. The number of fused-ring (bicyclic) bond motifs is 2. The van der Waals surface area contributed by atoms with E-state index in [1.807, 2.05) is 35.2 Å². The number of nitrogens with zero attached hydrogens (tertiary/aromatic N) is 5. The predicted octanol–water partition coefficient (Wildman–Crippen LogP) is 10.1. The maximum Gasteiger partial charge on any atom is 0.410 e. The molecule has 286 valence electrons. The number of halogens is 2. The molecule has 0 aliphatic carbocycles. The molecule has 0 N–H and O–H groups in total. The maximum absolute atomic E-state index is 17.2. The normalized spacial score (nSPS) is 15.2. The van der Waals surface area contributed by atoms with Crippen LogP contribution in [0, 0.1) is 28.6 Å². The van der Waals surface area contributed by atoms with Crippen LogP contribution >= 0.6 is 11.6 Å². The van der Waals surface area contributed by atoms with Gasteiger partial charge in [0.25, 0.3) is 0 Å². The molecule has 0 unspecified atom stereocenters. The summed E-state index contributed by atoms with van der Waals surface area (Å²) in [6.45, 7) is 20.1. The Morgan fingerprint density at radius 3 is 2.37 bits per heavy atom. The second kappa shape index (κ2) is 16.5. The minimum atomic E-state index is -2.09. The summed E-state index contributed by atoms with van der Waals surface area (Å²) in [7, 11) is -0.541. The van der Waals surface area contributed by atoms with Crippen molar-refractivity contribution in [2.24, 2.45) is 0 Å². The smallest absolute Gasteiger partial charge is 0.410 e. The minimum absolute atomic E-state index is 0.0239. The van der Waals surface area contributed by atoms with Crippen molar-refractivity contribution in [2.75, 3.05) is 38.4 Å². The summed E-state index contributed by atoms with van der Waals surface area (Å²) in [6.07, 6.45) is -0.401. The number of anilines is 1. The van der Waals surface area contributed by atoms with Crippen molar-refractivity contribution in [3.8, 4) is 34.4 Å². The summed E-state index contributed by atoms with van der Waals surface area (Å²) < 4.78 is 33.9. The van der Waals surface area contributed by atoms with Crippen LogP contribution in [0.2, 0.25) is 21.9 Å². The number of benzene rings is 3. The molecule has 0 radical (unpaired) electrons. The third kappa shape index (κ3) is 8.29. The van der Waals surface area contributed by atoms with E-state index < -0.39 is 31.6 Å². The number of amides is 1. The van der Waals surface area contributed by atoms with Crippen LogP contribution in [0.25, 0.3) is 32.8 Å². The van der Waals surface area contributed by atoms with E-state index in [9.17, 15) is 10.1 Å². The van der Waals surface area contributed by atoms with Crippen molar-refractivity contribution in [3.63, 3.8) is 0 Å². The third-order valence-electron chi connectivity index (χ3n) is 10.4. The molecular formula is C42H51ClFN5O4Si. The zero-order valence-corrected chi connectivity index (χ0v) is 34.8. The van der Waals surface area contributed by atoms with Gasteiger partial charge >= 0.3 is 6.09 Å². The van der Waals surface area contributed by atoms with Gasteiger partial charge in [-0.2, -0.15) is 10.2 Å². The molecule has 12 heteroatoms. The van der Waals surface area contributed by atoms with Gasteiger partial charge in [0.15, 0.2) is 12.6 Å². The summed E-state index contributed by atoms with van der Waals surface area (Å²) in [5, 5.41) is 11.6. The van der Waals surface area contributed by atoms with E-state index in [0.29, 0.717) is 51.2 Å². The molecule has 1 atom stereocenters. The largest absolute Gasteiger partial charge is 0.468 e. The first kappa shape index (κ1) is 40.8. The summed E-state index contributed by atoms with van der Waals surface area (Å²) >= 11 is 6.53. The van der Waals surface area contributed by atoms with Crippen LogP contribution in [0.15, 0.2) is 42.5 Å². The Balaban J connectivity index is 1.67. The van der Waals surface area contributed by atoms with Gasteiger partial charge in [-0.15, -0.1) is 5.54 Å². The van der Waals surface area contributed by atoms with Gasteiger partial charge in [0, 0.05) is 48.6 Å². The molecule has 4 aromatic rings. The number of hydrogen-bond donors (Lipinski definition) is 0. The fraction of sp³-hybridized carbons (Fsp3) is 0.476. The van der Waals surface area contributed by atoms with Crippen molar-refractivity contribution < 1.29 is 23.4 Å². The molecule has 1 saturated heterocycles. The molecule has 1 aromatic heterocycles. The molecule has 1 aliphatic heterocycles. The van der Waals surface area contributed by atoms with Crippen molar-refractivity contribution in [1.82, 2.24) is 14.9 Å². The molecule has 1 amide bonds. The van der Waals surface area contributed by atoms with E-state index in [1.165, 1.54) is 0 Å². The fourth-order valence-electron chi connectivity index (χ4n) is 7.99. The first-order valence-corrected chi connectivity index (χ1v) is 21.1. The first-order valence-electron chi connectivity index (χ1n) is 18.5. The maximum atomic E-state index is 17.2. The number of piperazine rings is 1. The molecule has 1 aliphatic rings. The van der Waals surface area contributed by atoms with Crippen LogP contribution in [0.1, 0.15) is 74.3 Å². The number of rotatable bonds is 9. The molecule has 0 saturated carbocycles. The van der Waals surface area contributed by atoms with Gasteiger partial charge < -0.3 is 24.0 Å². The Hall–Kier alpha value is -4.42. The van der Waals surface area contributed by atoms with Crippen molar-refractivity contribution in [3.05, 3.63) is 59.1 Å². The first-order chi connectivity index (χ1) is 25.5. The molecule has 2 heterocycles. The molecule has 5 rings (SSSR count). The van der Waals surface area contributed by atoms with Gasteiger partial charge in [-0.05, 0) is 84.2 Å². The van der Waals surface area contributed by atoms with Crippen molar-refractivity contribution in [1.29, 1.82) is 5.26 Å². The number of ether oxygens (including phenoxy) is 3. The second-order valence-corrected chi connectivity index (χ2v) is 21.8. The molecule has 9 nitrogen and oxygen atoms in total. The van der Waals surface area contributed by atoms with E-state index >= 15 is 4.39 Å². The molecule has 0 spiro atoms. The average Bonchev–Trinajstić information content (AvgIpc) is 3.09. The van der Waals surface area contributed by atoms with Gasteiger partial charge in [-0.25, -0.2) is 14.2 Å². The van der Waals surface area contributed by atoms with Crippen molar-refractivity contribution in [2.45, 2.75) is 97.0 Å². The predicted molar refractivity (Wildman–Crippen MR) is 217 cm³/mol. The zero-order valence-electron chi connectivity index (χ0n) is 33.0. The number of carbonyl (C=O) groups excluding carboxylic acids is 1. The lowest BCUT2D eigenvalue weighted by Gasteiger charge is -2.41. The zero-order chi connectivity index (χ0) is 39.5. The number of nitriles is 1. The lowest BCUT2D eigenvalue weighted by atomic mass is 9.93. The summed E-state index contributed by atoms with van der Waals surface area (Å²) in [4.78, 5) is 25.5. The molecule has 3 aromatic carbocycles. The van der Waals surface area contributed by atoms with Gasteiger partial charge in [0.1, 0.15) is 30.8 Å². The highest BCUT2D eigenvalue weighted by Crippen LogP contribution is 2.42. The Bertz CT molecular complexity index is 2110. The highest BCUT2D eigenvalue weighted by Gasteiger charge is 2.42. The van der Waals surface area contributed by atoms with Gasteiger partial charge in [0.05, 0.1) is 18.5 Å². The lowest BCUT2D eigenvalue weighted by molar-refractivity contribution is 0.0145. The Labute approximate surface area is 324 Å². The third-order valence-corrected chi connectivity index (χ3v) is 16.8. The quantitative estimate of drug-likeness (QED) is 0.0718. The average molecular weight is 772 g/mol. The van der Waals surface area contributed by atoms with E-state index in [1.54, 1.807) is 44.9 Å². The second-order valence-electron chi connectivity index (χ2n) is 15.8. The number of carbonyl (C=O) groups is 1. The van der Waals surface area contributed by atoms with Gasteiger partial charge in [-0.1, -0.05) is 65.7 Å². The monoisotopic (exact) mass is 771 g/mol. The Morgan fingerprint density at radius 1 is 1.04 bits per heavy atom. The van der Waals surface area contributed by atoms with Crippen LogP contribution in [0.3, 0.4) is 0 Å². The van der Waals surface area contributed by atoms with Crippen LogP contribution in [0.4, 0.5) is 15.0 Å². The van der Waals surface area contributed by atoms with Crippen LogP contribution in [-0.2, 0) is 9.47 Å². The fourth-order valence-corrected chi connectivity index (χ4v) is 13.4. The van der Waals surface area contributed by atoms with Gasteiger partial charge in [0.2, 0.25) is 5.28 Å². The van der Waals surface area contributed by atoms with E-state index in [4.69, 9.17) is 25.8 Å². The SMILES string of the molecule is COCOc1cc(-c2ccc3c(N4CCN(C(=O)OC(C)(C)C)[C@@H](CC#N)C4)nc(Cl)nc3c2F)c2c(C#C[Si](C(C)C)(C(C)C)C(C)C)cccc2c1. The van der Waals surface area contributed by atoms with E-state index in [2.05, 4.69) is 69.0 Å². The topological polar surface area (TPSA) is 101 Å². The Kier molecular flexibility index (Phi) is 12.5. The molecule has 54 heavy (non-hydrogen) atoms. The number of aromatic nitrogens is 2. The van der Waals surface area contributed by atoms with E-state index in [0.717, 1.165) is 16.3 Å². The summed E-state index contributed by atoms with van der Waals surface area (Å²) in [6, 6.07) is 14.9. The molecule has 0 bridgehead atoms. The van der Waals surface area contributed by atoms with E-state index in [-0.39, 0.29) is 37.1 Å². The number of methoxy groups -OCH3 is 1. The summed E-state index contributed by atoms with van der Waals surface area (Å²) in [5.41, 5.74) is 6.27. The van der Waals surface area contributed by atoms with Crippen LogP contribution in [0.5, 0.6) is 5.75 Å². The molecule has 1 fully saturated rings.